The number of benzene rings is 1. The van der Waals surface area contributed by atoms with Crippen molar-refractivity contribution < 1.29 is 4.74 Å². The Labute approximate surface area is 128 Å². The van der Waals surface area contributed by atoms with Crippen molar-refractivity contribution in [3.05, 3.63) is 50.7 Å². The van der Waals surface area contributed by atoms with Crippen molar-refractivity contribution in [2.45, 2.75) is 32.4 Å². The first-order chi connectivity index (χ1) is 9.78. The van der Waals surface area contributed by atoms with Crippen LogP contribution in [0.25, 0.3) is 0 Å². The van der Waals surface area contributed by atoms with Gasteiger partial charge < -0.3 is 10.1 Å². The maximum atomic E-state index is 6.00. The molecule has 0 saturated carbocycles. The number of hydrogen-bond acceptors (Lipinski definition) is 3. The van der Waals surface area contributed by atoms with Gasteiger partial charge in [0.2, 0.25) is 0 Å². The molecule has 0 radical (unpaired) electrons. The lowest BCUT2D eigenvalue weighted by atomic mass is 10.1. The summed E-state index contributed by atoms with van der Waals surface area (Å²) in [4.78, 5) is 1.16. The standard InChI is InChI=1S/C16H18ClNOS/c1-2-18-14-8-7-13-12(14)4-3-5-15(13)19-10-11-6-9-16(17)20-11/h3-6,9,14,18H,2,7-8,10H2,1H3. The smallest absolute Gasteiger partial charge is 0.123 e. The fraction of sp³-hybridized carbons (Fsp3) is 0.375. The first-order valence-corrected chi connectivity index (χ1v) is 8.19. The molecule has 1 unspecified atom stereocenters. The summed E-state index contributed by atoms with van der Waals surface area (Å²) in [6.45, 7) is 3.75. The Morgan fingerprint density at radius 1 is 1.35 bits per heavy atom. The van der Waals surface area contributed by atoms with E-state index in [1.807, 2.05) is 12.1 Å². The first kappa shape index (κ1) is 13.9. The van der Waals surface area contributed by atoms with E-state index in [1.165, 1.54) is 11.1 Å². The average molecular weight is 308 g/mol. The fourth-order valence-corrected chi connectivity index (χ4v) is 3.79. The number of halogens is 1. The Morgan fingerprint density at radius 2 is 2.25 bits per heavy atom. The van der Waals surface area contributed by atoms with Crippen LogP contribution in [-0.4, -0.2) is 6.54 Å². The largest absolute Gasteiger partial charge is 0.488 e. The number of fused-ring (bicyclic) bond motifs is 1. The third-order valence-electron chi connectivity index (χ3n) is 3.68. The van der Waals surface area contributed by atoms with Crippen LogP contribution in [0.2, 0.25) is 4.34 Å². The lowest BCUT2D eigenvalue weighted by Crippen LogP contribution is -2.18. The summed E-state index contributed by atoms with van der Waals surface area (Å²) >= 11 is 7.52. The molecular weight excluding hydrogens is 290 g/mol. The Balaban J connectivity index is 1.75. The number of rotatable bonds is 5. The molecule has 2 aromatic rings. The monoisotopic (exact) mass is 307 g/mol. The van der Waals surface area contributed by atoms with Gasteiger partial charge in [-0.2, -0.15) is 0 Å². The van der Waals surface area contributed by atoms with E-state index in [4.69, 9.17) is 16.3 Å². The molecular formula is C16H18ClNOS. The van der Waals surface area contributed by atoms with Crippen LogP contribution in [0.15, 0.2) is 30.3 Å². The van der Waals surface area contributed by atoms with Gasteiger partial charge in [-0.3, -0.25) is 0 Å². The maximum Gasteiger partial charge on any atom is 0.123 e. The van der Waals surface area contributed by atoms with E-state index in [0.717, 1.165) is 34.3 Å². The average Bonchev–Trinajstić information content (AvgIpc) is 3.04. The highest BCUT2D eigenvalue weighted by atomic mass is 35.5. The van der Waals surface area contributed by atoms with Crippen molar-refractivity contribution in [2.75, 3.05) is 6.54 Å². The van der Waals surface area contributed by atoms with E-state index in [9.17, 15) is 0 Å². The van der Waals surface area contributed by atoms with Crippen molar-refractivity contribution in [1.29, 1.82) is 0 Å². The summed E-state index contributed by atoms with van der Waals surface area (Å²) in [5.41, 5.74) is 2.76. The predicted molar refractivity (Wildman–Crippen MR) is 84.8 cm³/mol. The van der Waals surface area contributed by atoms with Gasteiger partial charge in [0.15, 0.2) is 0 Å². The van der Waals surface area contributed by atoms with E-state index in [-0.39, 0.29) is 0 Å². The molecule has 3 rings (SSSR count). The molecule has 4 heteroatoms. The zero-order valence-corrected chi connectivity index (χ0v) is 13.1. The van der Waals surface area contributed by atoms with E-state index in [2.05, 4.69) is 30.4 Å². The predicted octanol–water partition coefficient (Wildman–Crippen LogP) is 4.58. The normalized spacial score (nSPS) is 17.2. The summed E-state index contributed by atoms with van der Waals surface area (Å²) in [5, 5.41) is 3.53. The second-order valence-electron chi connectivity index (χ2n) is 4.97. The molecule has 1 N–H and O–H groups in total. The molecule has 0 aliphatic heterocycles. The first-order valence-electron chi connectivity index (χ1n) is 7.00. The number of ether oxygens (including phenoxy) is 1. The third kappa shape index (κ3) is 2.85. The van der Waals surface area contributed by atoms with Gasteiger partial charge in [0.25, 0.3) is 0 Å². The topological polar surface area (TPSA) is 21.3 Å². The molecule has 0 fully saturated rings. The molecule has 1 aliphatic rings. The maximum absolute atomic E-state index is 6.00. The van der Waals surface area contributed by atoms with Crippen LogP contribution < -0.4 is 10.1 Å². The minimum absolute atomic E-state index is 0.481. The van der Waals surface area contributed by atoms with Crippen LogP contribution in [0.1, 0.15) is 35.4 Å². The highest BCUT2D eigenvalue weighted by molar-refractivity contribution is 7.16. The van der Waals surface area contributed by atoms with Crippen LogP contribution in [0.3, 0.4) is 0 Å². The Morgan fingerprint density at radius 3 is 3.00 bits per heavy atom. The molecule has 0 spiro atoms. The zero-order valence-electron chi connectivity index (χ0n) is 11.5. The molecule has 106 valence electrons. The van der Waals surface area contributed by atoms with Crippen molar-refractivity contribution >= 4 is 22.9 Å². The molecule has 0 bridgehead atoms. The summed E-state index contributed by atoms with van der Waals surface area (Å²) in [6, 6.07) is 10.8. The van der Waals surface area contributed by atoms with E-state index < -0.39 is 0 Å². The quantitative estimate of drug-likeness (QED) is 0.873. The molecule has 1 aromatic carbocycles. The Kier molecular flexibility index (Phi) is 4.29. The molecule has 0 amide bonds. The lowest BCUT2D eigenvalue weighted by Gasteiger charge is -2.14. The fourth-order valence-electron chi connectivity index (χ4n) is 2.79. The summed E-state index contributed by atoms with van der Waals surface area (Å²) in [5.74, 6) is 1.02. The van der Waals surface area contributed by atoms with Crippen LogP contribution in [0, 0.1) is 0 Å². The minimum atomic E-state index is 0.481. The molecule has 2 nitrogen and oxygen atoms in total. The molecule has 20 heavy (non-hydrogen) atoms. The van der Waals surface area contributed by atoms with Crippen LogP contribution in [0.5, 0.6) is 5.75 Å². The minimum Gasteiger partial charge on any atom is -0.488 e. The van der Waals surface area contributed by atoms with Crippen molar-refractivity contribution in [1.82, 2.24) is 5.32 Å². The highest BCUT2D eigenvalue weighted by Crippen LogP contribution is 2.37. The lowest BCUT2D eigenvalue weighted by molar-refractivity contribution is 0.307. The molecule has 1 aromatic heterocycles. The molecule has 1 aliphatic carbocycles. The van der Waals surface area contributed by atoms with Gasteiger partial charge in [-0.15, -0.1) is 11.3 Å². The molecule has 1 atom stereocenters. The van der Waals surface area contributed by atoms with Gasteiger partial charge >= 0.3 is 0 Å². The molecule has 1 heterocycles. The second kappa shape index (κ2) is 6.17. The number of thiophene rings is 1. The summed E-state index contributed by atoms with van der Waals surface area (Å²) in [6.07, 6.45) is 2.25. The SMILES string of the molecule is CCNC1CCc2c(OCc3ccc(Cl)s3)cccc21. The van der Waals surface area contributed by atoms with Gasteiger partial charge in [-0.05, 0) is 48.7 Å². The second-order valence-corrected chi connectivity index (χ2v) is 6.77. The van der Waals surface area contributed by atoms with Gasteiger partial charge in [0, 0.05) is 10.9 Å². The Hall–Kier alpha value is -1.03. The van der Waals surface area contributed by atoms with E-state index in [0.29, 0.717) is 12.6 Å². The van der Waals surface area contributed by atoms with Crippen LogP contribution in [0.4, 0.5) is 0 Å². The van der Waals surface area contributed by atoms with Gasteiger partial charge in [0.1, 0.15) is 12.4 Å². The highest BCUT2D eigenvalue weighted by Gasteiger charge is 2.24. The van der Waals surface area contributed by atoms with Gasteiger partial charge in [-0.25, -0.2) is 0 Å². The van der Waals surface area contributed by atoms with E-state index >= 15 is 0 Å². The Bertz CT molecular complexity index is 596. The summed E-state index contributed by atoms with van der Waals surface area (Å²) < 4.78 is 6.81. The molecule has 0 saturated heterocycles. The van der Waals surface area contributed by atoms with Gasteiger partial charge in [-0.1, -0.05) is 30.7 Å². The van der Waals surface area contributed by atoms with Crippen molar-refractivity contribution in [3.8, 4) is 5.75 Å². The van der Waals surface area contributed by atoms with Crippen LogP contribution in [-0.2, 0) is 13.0 Å². The summed E-state index contributed by atoms with van der Waals surface area (Å²) in [7, 11) is 0. The van der Waals surface area contributed by atoms with Crippen LogP contribution >= 0.6 is 22.9 Å². The van der Waals surface area contributed by atoms with Crippen molar-refractivity contribution in [3.63, 3.8) is 0 Å². The van der Waals surface area contributed by atoms with Crippen molar-refractivity contribution in [2.24, 2.45) is 0 Å². The number of hydrogen-bond donors (Lipinski definition) is 1. The van der Waals surface area contributed by atoms with Gasteiger partial charge in [0.05, 0.1) is 4.34 Å². The van der Waals surface area contributed by atoms with E-state index in [1.54, 1.807) is 11.3 Å². The zero-order chi connectivity index (χ0) is 13.9. The number of nitrogens with one attached hydrogen (secondary N) is 1. The third-order valence-corrected chi connectivity index (χ3v) is 4.88.